The van der Waals surface area contributed by atoms with Crippen molar-refractivity contribution in [1.82, 2.24) is 0 Å². The minimum Gasteiger partial charge on any atom is -0.495 e. The Morgan fingerprint density at radius 1 is 1.24 bits per heavy atom. The lowest BCUT2D eigenvalue weighted by atomic mass is 10.3. The molecule has 0 fully saturated rings. The molecule has 0 aromatic heterocycles. The normalized spacial score (nSPS) is 11.0. The molecule has 0 saturated heterocycles. The zero-order valence-electron chi connectivity index (χ0n) is 13.0. The van der Waals surface area contributed by atoms with Gasteiger partial charge in [0.25, 0.3) is 5.91 Å². The summed E-state index contributed by atoms with van der Waals surface area (Å²) in [4.78, 5) is 11.7. The van der Waals surface area contributed by atoms with Gasteiger partial charge < -0.3 is 14.8 Å². The Hall–Kier alpha value is -2.17. The van der Waals surface area contributed by atoms with E-state index in [1.807, 2.05) is 0 Å². The van der Waals surface area contributed by atoms with Gasteiger partial charge in [-0.1, -0.05) is 0 Å². The molecular weight excluding hydrogens is 419 g/mol. The molecule has 0 radical (unpaired) electrons. The highest BCUT2D eigenvalue weighted by molar-refractivity contribution is 9.10. The molecular formula is C15H14BrFN2O5S. The summed E-state index contributed by atoms with van der Waals surface area (Å²) in [6.45, 7) is -0.360. The topological polar surface area (TPSA) is 108 Å². The van der Waals surface area contributed by atoms with Crippen LogP contribution in [-0.4, -0.2) is 28.0 Å². The Morgan fingerprint density at radius 3 is 2.52 bits per heavy atom. The van der Waals surface area contributed by atoms with Crippen LogP contribution in [0.3, 0.4) is 0 Å². The number of nitrogens with one attached hydrogen (secondary N) is 1. The lowest BCUT2D eigenvalue weighted by Gasteiger charge is -2.11. The third-order valence-corrected chi connectivity index (χ3v) is 4.56. The van der Waals surface area contributed by atoms with Crippen LogP contribution < -0.4 is 19.9 Å². The average molecular weight is 433 g/mol. The van der Waals surface area contributed by atoms with Gasteiger partial charge in [-0.05, 0) is 52.3 Å². The average Bonchev–Trinajstić information content (AvgIpc) is 2.53. The van der Waals surface area contributed by atoms with Crippen LogP contribution in [0.15, 0.2) is 45.8 Å². The molecule has 10 heteroatoms. The lowest BCUT2D eigenvalue weighted by molar-refractivity contribution is -0.118. The molecule has 134 valence electrons. The van der Waals surface area contributed by atoms with Gasteiger partial charge in [0.05, 0.1) is 11.6 Å². The third-order valence-electron chi connectivity index (χ3n) is 3.01. The summed E-state index contributed by atoms with van der Waals surface area (Å²) in [5.41, 5.74) is 0.205. The number of rotatable bonds is 6. The van der Waals surface area contributed by atoms with Crippen LogP contribution >= 0.6 is 15.9 Å². The van der Waals surface area contributed by atoms with Gasteiger partial charge in [-0.15, -0.1) is 0 Å². The van der Waals surface area contributed by atoms with E-state index >= 15 is 0 Å². The molecule has 0 bridgehead atoms. The number of amides is 1. The molecule has 3 N–H and O–H groups in total. The number of halogens is 2. The highest BCUT2D eigenvalue weighted by atomic mass is 79.9. The van der Waals surface area contributed by atoms with Crippen molar-refractivity contribution in [2.24, 2.45) is 5.14 Å². The molecule has 1 amide bonds. The number of benzene rings is 2. The second-order valence-electron chi connectivity index (χ2n) is 4.82. The number of carbonyl (C=O) groups is 1. The van der Waals surface area contributed by atoms with E-state index in [0.29, 0.717) is 4.47 Å². The Labute approximate surface area is 152 Å². The number of primary sulfonamides is 1. The van der Waals surface area contributed by atoms with Crippen LogP contribution in [0, 0.1) is 5.82 Å². The predicted octanol–water partition coefficient (Wildman–Crippen LogP) is 2.26. The molecule has 0 unspecified atom stereocenters. The number of sulfonamides is 1. The minimum absolute atomic E-state index is 0.0620. The van der Waals surface area contributed by atoms with Crippen LogP contribution in [-0.2, 0) is 14.8 Å². The van der Waals surface area contributed by atoms with Gasteiger partial charge in [0.15, 0.2) is 6.61 Å². The van der Waals surface area contributed by atoms with Crippen molar-refractivity contribution in [2.45, 2.75) is 4.90 Å². The van der Waals surface area contributed by atoms with Gasteiger partial charge in [-0.2, -0.15) is 0 Å². The Balaban J connectivity index is 2.08. The zero-order valence-corrected chi connectivity index (χ0v) is 15.4. The van der Waals surface area contributed by atoms with Crippen LogP contribution in [0.4, 0.5) is 10.1 Å². The summed E-state index contributed by atoms with van der Waals surface area (Å²) in [6, 6.07) is 7.78. The Kier molecular flexibility index (Phi) is 5.98. The summed E-state index contributed by atoms with van der Waals surface area (Å²) in [6.07, 6.45) is 0. The van der Waals surface area contributed by atoms with Gasteiger partial charge in [0.1, 0.15) is 22.2 Å². The van der Waals surface area contributed by atoms with Crippen LogP contribution in [0.25, 0.3) is 0 Å². The van der Waals surface area contributed by atoms with Crippen molar-refractivity contribution >= 4 is 37.5 Å². The summed E-state index contributed by atoms with van der Waals surface area (Å²) in [5.74, 6) is -0.636. The number of hydrogen-bond acceptors (Lipinski definition) is 5. The number of carbonyl (C=O) groups excluding carboxylic acids is 1. The second kappa shape index (κ2) is 7.81. The first-order valence-corrected chi connectivity index (χ1v) is 9.13. The van der Waals surface area contributed by atoms with Gasteiger partial charge in [-0.25, -0.2) is 17.9 Å². The molecule has 0 aliphatic rings. The fourth-order valence-electron chi connectivity index (χ4n) is 1.91. The van der Waals surface area contributed by atoms with Crippen molar-refractivity contribution < 1.29 is 27.1 Å². The van der Waals surface area contributed by atoms with Crippen molar-refractivity contribution in [3.8, 4) is 11.5 Å². The highest BCUT2D eigenvalue weighted by Gasteiger charge is 2.16. The summed E-state index contributed by atoms with van der Waals surface area (Å²) in [7, 11) is -2.72. The van der Waals surface area contributed by atoms with Gasteiger partial charge in [-0.3, -0.25) is 4.79 Å². The Morgan fingerprint density at radius 2 is 1.92 bits per heavy atom. The highest BCUT2D eigenvalue weighted by Crippen LogP contribution is 2.27. The molecule has 0 aliphatic carbocycles. The lowest BCUT2D eigenvalue weighted by Crippen LogP contribution is -2.21. The van der Waals surface area contributed by atoms with Crippen LogP contribution in [0.1, 0.15) is 0 Å². The molecule has 0 atom stereocenters. The van der Waals surface area contributed by atoms with Crippen molar-refractivity contribution in [3.05, 3.63) is 46.7 Å². The number of methoxy groups -OCH3 is 1. The fraction of sp³-hybridized carbons (Fsp3) is 0.133. The third kappa shape index (κ3) is 5.15. The van der Waals surface area contributed by atoms with Gasteiger partial charge >= 0.3 is 0 Å². The molecule has 2 aromatic carbocycles. The van der Waals surface area contributed by atoms with E-state index in [9.17, 15) is 17.6 Å². The molecule has 7 nitrogen and oxygen atoms in total. The summed E-state index contributed by atoms with van der Waals surface area (Å²) >= 11 is 3.12. The number of ether oxygens (including phenoxy) is 2. The summed E-state index contributed by atoms with van der Waals surface area (Å²) in [5, 5.41) is 7.59. The van der Waals surface area contributed by atoms with E-state index in [-0.39, 0.29) is 28.7 Å². The molecule has 2 rings (SSSR count). The van der Waals surface area contributed by atoms with Crippen molar-refractivity contribution in [1.29, 1.82) is 0 Å². The van der Waals surface area contributed by atoms with Crippen molar-refractivity contribution in [2.75, 3.05) is 19.0 Å². The zero-order chi connectivity index (χ0) is 18.6. The maximum atomic E-state index is 13.0. The van der Waals surface area contributed by atoms with Crippen molar-refractivity contribution in [3.63, 3.8) is 0 Å². The second-order valence-corrected chi connectivity index (χ2v) is 7.21. The van der Waals surface area contributed by atoms with E-state index in [0.717, 1.165) is 0 Å². The van der Waals surface area contributed by atoms with Crippen LogP contribution in [0.5, 0.6) is 11.5 Å². The Bertz CT molecular complexity index is 905. The predicted molar refractivity (Wildman–Crippen MR) is 92.6 cm³/mol. The van der Waals surface area contributed by atoms with E-state index in [2.05, 4.69) is 21.2 Å². The van der Waals surface area contributed by atoms with Gasteiger partial charge in [0.2, 0.25) is 10.0 Å². The molecule has 0 heterocycles. The van der Waals surface area contributed by atoms with E-state index in [1.165, 1.54) is 43.5 Å². The number of nitrogens with two attached hydrogens (primary N) is 1. The fourth-order valence-corrected chi connectivity index (χ4v) is 3.10. The minimum atomic E-state index is -4.02. The van der Waals surface area contributed by atoms with Crippen LogP contribution in [0.2, 0.25) is 0 Å². The molecule has 25 heavy (non-hydrogen) atoms. The van der Waals surface area contributed by atoms with E-state index < -0.39 is 21.7 Å². The first kappa shape index (κ1) is 19.2. The largest absolute Gasteiger partial charge is 0.495 e. The smallest absolute Gasteiger partial charge is 0.262 e. The first-order valence-electron chi connectivity index (χ1n) is 6.79. The molecule has 2 aromatic rings. The van der Waals surface area contributed by atoms with E-state index in [4.69, 9.17) is 14.6 Å². The maximum Gasteiger partial charge on any atom is 0.262 e. The van der Waals surface area contributed by atoms with E-state index in [1.54, 1.807) is 0 Å². The SMILES string of the molecule is COc1ccc(NC(=O)COc2ccc(F)cc2Br)cc1S(N)(=O)=O. The summed E-state index contributed by atoms with van der Waals surface area (Å²) < 4.78 is 46.7. The molecule has 0 saturated carbocycles. The van der Waals surface area contributed by atoms with Gasteiger partial charge in [0, 0.05) is 5.69 Å². The monoisotopic (exact) mass is 432 g/mol. The quantitative estimate of drug-likeness (QED) is 0.727. The first-order chi connectivity index (χ1) is 11.7. The molecule has 0 spiro atoms. The molecule has 0 aliphatic heterocycles. The number of anilines is 1. The standard InChI is InChI=1S/C15H14BrFN2O5S/c1-23-13-5-3-10(7-14(13)25(18,21)22)19-15(20)8-24-12-4-2-9(17)6-11(12)16/h2-7H,8H2,1H3,(H,19,20)(H2,18,21,22). The number of hydrogen-bond donors (Lipinski definition) is 2. The maximum absolute atomic E-state index is 13.0.